The number of para-hydroxylation sites is 1. The van der Waals surface area contributed by atoms with Gasteiger partial charge in [-0.2, -0.15) is 18.3 Å². The smallest absolute Gasteiger partial charge is 0.366 e. The zero-order valence-corrected chi connectivity index (χ0v) is 25.8. The van der Waals surface area contributed by atoms with Gasteiger partial charge in [-0.05, 0) is 68.0 Å². The zero-order chi connectivity index (χ0) is 33.6. The number of anilines is 1. The van der Waals surface area contributed by atoms with Gasteiger partial charge in [0.1, 0.15) is 11.6 Å². The van der Waals surface area contributed by atoms with E-state index in [9.17, 15) is 31.9 Å². The molecular formula is C33H31F4N5O3S. The number of rotatable bonds is 11. The number of aromatic nitrogens is 2. The highest BCUT2D eigenvalue weighted by Gasteiger charge is 2.39. The fourth-order valence-electron chi connectivity index (χ4n) is 4.79. The number of alkyl halides is 3. The topological polar surface area (TPSA) is 110 Å². The number of nitrogens with two attached hydrogens (primary N) is 1. The van der Waals surface area contributed by atoms with Gasteiger partial charge >= 0.3 is 6.18 Å². The van der Waals surface area contributed by atoms with E-state index in [1.807, 2.05) is 0 Å². The van der Waals surface area contributed by atoms with Crippen LogP contribution in [0.2, 0.25) is 0 Å². The van der Waals surface area contributed by atoms with Crippen molar-refractivity contribution < 1.29 is 31.9 Å². The number of primary amides is 1. The molecule has 0 aliphatic heterocycles. The second-order valence-electron chi connectivity index (χ2n) is 10.5. The van der Waals surface area contributed by atoms with Gasteiger partial charge in [-0.15, -0.1) is 12.6 Å². The lowest BCUT2D eigenvalue weighted by molar-refractivity contribution is -0.137. The van der Waals surface area contributed by atoms with E-state index in [2.05, 4.69) is 17.9 Å². The summed E-state index contributed by atoms with van der Waals surface area (Å²) in [5.41, 5.74) is 6.30. The molecule has 0 aliphatic carbocycles. The molecule has 4 aromatic rings. The minimum absolute atomic E-state index is 0.0694. The van der Waals surface area contributed by atoms with Crippen LogP contribution in [0.4, 0.5) is 23.4 Å². The molecule has 3 aromatic carbocycles. The number of hydrogen-bond acceptors (Lipinski definition) is 5. The predicted molar refractivity (Wildman–Crippen MR) is 169 cm³/mol. The molecule has 4 rings (SSSR count). The Morgan fingerprint density at radius 3 is 2.30 bits per heavy atom. The van der Waals surface area contributed by atoms with E-state index < -0.39 is 40.1 Å². The van der Waals surface area contributed by atoms with E-state index in [4.69, 9.17) is 10.8 Å². The van der Waals surface area contributed by atoms with E-state index in [-0.39, 0.29) is 24.9 Å². The van der Waals surface area contributed by atoms with Crippen molar-refractivity contribution in [3.05, 3.63) is 125 Å². The summed E-state index contributed by atoms with van der Waals surface area (Å²) in [4.78, 5) is 38.2. The molecule has 0 radical (unpaired) electrons. The SMILES string of the molecule is CCN(C(=O)C(C)(S)NC(=O)c1cccc(C(F)(F)F)c1)c1c(Cc2ccc(F)cc2)c(C/C=C/C(N)=O)nn1-c1ccccc1. The normalized spacial score (nSPS) is 12.9. The summed E-state index contributed by atoms with van der Waals surface area (Å²) in [6, 6.07) is 18.5. The molecule has 3 N–H and O–H groups in total. The van der Waals surface area contributed by atoms with E-state index in [1.54, 1.807) is 54.1 Å². The lowest BCUT2D eigenvalue weighted by Crippen LogP contribution is -2.55. The average molecular weight is 654 g/mol. The van der Waals surface area contributed by atoms with E-state index in [1.165, 1.54) is 42.2 Å². The molecule has 0 saturated heterocycles. The third kappa shape index (κ3) is 8.02. The maximum absolute atomic E-state index is 14.2. The number of hydrogen-bond donors (Lipinski definition) is 3. The molecule has 13 heteroatoms. The van der Waals surface area contributed by atoms with Crippen molar-refractivity contribution in [3.63, 3.8) is 0 Å². The number of allylic oxidation sites excluding steroid dienone is 1. The lowest BCUT2D eigenvalue weighted by Gasteiger charge is -2.32. The first-order chi connectivity index (χ1) is 21.7. The largest absolute Gasteiger partial charge is 0.416 e. The average Bonchev–Trinajstić information content (AvgIpc) is 3.35. The number of amides is 3. The van der Waals surface area contributed by atoms with Crippen LogP contribution in [0.5, 0.6) is 0 Å². The number of thiol groups is 1. The van der Waals surface area contributed by atoms with Crippen LogP contribution in [0, 0.1) is 5.82 Å². The molecule has 0 fully saturated rings. The highest BCUT2D eigenvalue weighted by Crippen LogP contribution is 2.33. The molecule has 1 aromatic heterocycles. The van der Waals surface area contributed by atoms with Crippen molar-refractivity contribution in [2.24, 2.45) is 5.73 Å². The molecule has 1 atom stereocenters. The van der Waals surface area contributed by atoms with Crippen LogP contribution in [-0.2, 0) is 28.6 Å². The molecule has 1 heterocycles. The Morgan fingerprint density at radius 2 is 1.70 bits per heavy atom. The van der Waals surface area contributed by atoms with Crippen LogP contribution in [0.25, 0.3) is 5.69 Å². The van der Waals surface area contributed by atoms with Gasteiger partial charge in [0.15, 0.2) is 4.87 Å². The van der Waals surface area contributed by atoms with Crippen molar-refractivity contribution in [2.75, 3.05) is 11.4 Å². The third-order valence-corrected chi connectivity index (χ3v) is 7.27. The Labute approximate surface area is 268 Å². The molecule has 1 unspecified atom stereocenters. The summed E-state index contributed by atoms with van der Waals surface area (Å²) in [6.07, 6.45) is -1.58. The van der Waals surface area contributed by atoms with Gasteiger partial charge in [-0.1, -0.05) is 42.5 Å². The van der Waals surface area contributed by atoms with Gasteiger partial charge in [0, 0.05) is 30.5 Å². The predicted octanol–water partition coefficient (Wildman–Crippen LogP) is 5.63. The Morgan fingerprint density at radius 1 is 1.02 bits per heavy atom. The van der Waals surface area contributed by atoms with Gasteiger partial charge in [-0.25, -0.2) is 9.07 Å². The van der Waals surface area contributed by atoms with Gasteiger partial charge < -0.3 is 11.1 Å². The van der Waals surface area contributed by atoms with E-state index >= 15 is 0 Å². The third-order valence-electron chi connectivity index (χ3n) is 6.97. The number of nitrogens with one attached hydrogen (secondary N) is 1. The monoisotopic (exact) mass is 653 g/mol. The minimum atomic E-state index is -4.67. The first-order valence-corrected chi connectivity index (χ1v) is 14.6. The molecule has 0 saturated carbocycles. The van der Waals surface area contributed by atoms with Crippen molar-refractivity contribution in [1.29, 1.82) is 0 Å². The maximum Gasteiger partial charge on any atom is 0.416 e. The summed E-state index contributed by atoms with van der Waals surface area (Å²) < 4.78 is 55.2. The van der Waals surface area contributed by atoms with E-state index in [0.29, 0.717) is 34.4 Å². The number of likely N-dealkylation sites (N-methyl/N-ethyl adjacent to an activating group) is 1. The Bertz CT molecular complexity index is 1750. The van der Waals surface area contributed by atoms with Crippen LogP contribution in [0.15, 0.2) is 91.0 Å². The summed E-state index contributed by atoms with van der Waals surface area (Å²) in [5, 5.41) is 7.25. The molecule has 46 heavy (non-hydrogen) atoms. The van der Waals surface area contributed by atoms with Crippen LogP contribution in [0.1, 0.15) is 46.6 Å². The van der Waals surface area contributed by atoms with Crippen LogP contribution in [-0.4, -0.2) is 38.9 Å². The Hall–Kier alpha value is -4.91. The molecule has 0 spiro atoms. The number of carbonyl (C=O) groups is 3. The standard InChI is InChI=1S/C33H31F4N5O3S/c1-3-41(31(45)32(2,46)39-29(44)22-9-7-10-23(20-22)33(35,36)37)30-26(19-21-15-17-24(34)18-16-21)27(13-8-14-28(38)43)40-42(30)25-11-5-4-6-12-25/h4-12,14-18,20,46H,3,13,19H2,1-2H3,(H2,38,43)(H,39,44)/b14-8+. The summed E-state index contributed by atoms with van der Waals surface area (Å²) in [5.74, 6) is -2.40. The summed E-state index contributed by atoms with van der Waals surface area (Å²) >= 11 is 4.47. The zero-order valence-electron chi connectivity index (χ0n) is 24.9. The number of benzene rings is 3. The summed E-state index contributed by atoms with van der Waals surface area (Å²) in [7, 11) is 0. The fourth-order valence-corrected chi connectivity index (χ4v) is 5.01. The molecule has 3 amide bonds. The second kappa shape index (κ2) is 14.0. The molecule has 0 bridgehead atoms. The lowest BCUT2D eigenvalue weighted by atomic mass is 10.0. The number of carbonyl (C=O) groups excluding carboxylic acids is 3. The maximum atomic E-state index is 14.2. The number of nitrogens with zero attached hydrogens (tertiary/aromatic N) is 3. The van der Waals surface area contributed by atoms with E-state index in [0.717, 1.165) is 12.1 Å². The van der Waals surface area contributed by atoms with Gasteiger partial charge in [0.2, 0.25) is 5.91 Å². The van der Waals surface area contributed by atoms with Gasteiger partial charge in [-0.3, -0.25) is 19.3 Å². The molecule has 8 nitrogen and oxygen atoms in total. The van der Waals surface area contributed by atoms with Crippen LogP contribution < -0.4 is 16.0 Å². The number of halogens is 4. The fraction of sp³-hybridized carbons (Fsp3) is 0.212. The molecular weight excluding hydrogens is 622 g/mol. The van der Waals surface area contributed by atoms with Crippen molar-refractivity contribution >= 4 is 36.2 Å². The van der Waals surface area contributed by atoms with Gasteiger partial charge in [0.05, 0.1) is 16.9 Å². The van der Waals surface area contributed by atoms with Crippen molar-refractivity contribution in [1.82, 2.24) is 15.1 Å². The quantitative estimate of drug-likeness (QED) is 0.0844. The van der Waals surface area contributed by atoms with Crippen molar-refractivity contribution in [3.8, 4) is 5.69 Å². The minimum Gasteiger partial charge on any atom is -0.366 e. The highest BCUT2D eigenvalue weighted by atomic mass is 32.1. The molecule has 240 valence electrons. The Balaban J connectivity index is 1.81. The highest BCUT2D eigenvalue weighted by molar-refractivity contribution is 7.82. The van der Waals surface area contributed by atoms with Crippen LogP contribution in [0.3, 0.4) is 0 Å². The summed E-state index contributed by atoms with van der Waals surface area (Å²) in [6.45, 7) is 3.10. The van der Waals surface area contributed by atoms with Crippen LogP contribution >= 0.6 is 12.6 Å². The first kappa shape index (κ1) is 34.0. The van der Waals surface area contributed by atoms with Crippen molar-refractivity contribution in [2.45, 2.75) is 37.7 Å². The Kier molecular flexibility index (Phi) is 10.4. The first-order valence-electron chi connectivity index (χ1n) is 14.1. The molecule has 0 aliphatic rings. The second-order valence-corrected chi connectivity index (χ2v) is 11.4. The van der Waals surface area contributed by atoms with Gasteiger partial charge in [0.25, 0.3) is 11.8 Å².